The highest BCUT2D eigenvalue weighted by Crippen LogP contribution is 2.20. The molecule has 0 saturated carbocycles. The summed E-state index contributed by atoms with van der Waals surface area (Å²) in [6.45, 7) is 2.43. The van der Waals surface area contributed by atoms with E-state index in [1.54, 1.807) is 28.7 Å². The Hall–Kier alpha value is -3.50. The predicted molar refractivity (Wildman–Crippen MR) is 114 cm³/mol. The third kappa shape index (κ3) is 4.27. The van der Waals surface area contributed by atoms with Crippen LogP contribution >= 0.6 is 0 Å². The van der Waals surface area contributed by atoms with Crippen LogP contribution in [0.3, 0.4) is 0 Å². The number of nitrogens with zero attached hydrogens (tertiary/aromatic N) is 5. The fourth-order valence-corrected chi connectivity index (χ4v) is 3.86. The number of aromatic nitrogens is 4. The second-order valence-corrected chi connectivity index (χ2v) is 7.91. The van der Waals surface area contributed by atoms with Crippen LogP contribution in [-0.2, 0) is 29.6 Å². The number of fused-ring (bicyclic) bond motifs is 1. The molecule has 1 aliphatic heterocycles. The Balaban J connectivity index is 1.35. The number of amides is 2. The summed E-state index contributed by atoms with van der Waals surface area (Å²) in [5, 5.41) is 31.7. The molecule has 2 aromatic heterocycles. The first kappa shape index (κ1) is 21.7. The van der Waals surface area contributed by atoms with Gasteiger partial charge in [0.2, 0.25) is 0 Å². The van der Waals surface area contributed by atoms with Crippen molar-refractivity contribution in [2.75, 3.05) is 6.54 Å². The van der Waals surface area contributed by atoms with Gasteiger partial charge in [0.25, 0.3) is 11.8 Å². The summed E-state index contributed by atoms with van der Waals surface area (Å²) in [6, 6.07) is 8.80. The van der Waals surface area contributed by atoms with E-state index in [1.165, 1.54) is 4.90 Å². The van der Waals surface area contributed by atoms with Crippen molar-refractivity contribution in [1.82, 2.24) is 29.8 Å². The fraction of sp³-hybridized carbons (Fsp3) is 0.364. The number of carbonyl (C=O) groups excluding carboxylic acids is 2. The summed E-state index contributed by atoms with van der Waals surface area (Å²) in [6.07, 6.45) is 2.07. The lowest BCUT2D eigenvalue weighted by Crippen LogP contribution is -2.51. The van der Waals surface area contributed by atoms with Crippen LogP contribution in [0.5, 0.6) is 0 Å². The van der Waals surface area contributed by atoms with E-state index in [1.807, 2.05) is 43.6 Å². The highest BCUT2D eigenvalue weighted by Gasteiger charge is 2.35. The molecule has 3 N–H and O–H groups in total. The normalized spacial score (nSPS) is 16.2. The number of hydrogen-bond acceptors (Lipinski definition) is 6. The molecule has 3 aromatic rings. The minimum absolute atomic E-state index is 0.284. The quantitative estimate of drug-likeness (QED) is 0.501. The van der Waals surface area contributed by atoms with Crippen LogP contribution in [0.2, 0.25) is 0 Å². The third-order valence-electron chi connectivity index (χ3n) is 5.78. The van der Waals surface area contributed by atoms with Gasteiger partial charge in [-0.2, -0.15) is 10.2 Å². The number of aliphatic hydroxyl groups is 2. The van der Waals surface area contributed by atoms with Gasteiger partial charge in [-0.15, -0.1) is 0 Å². The van der Waals surface area contributed by atoms with Crippen molar-refractivity contribution in [2.24, 2.45) is 7.05 Å². The Morgan fingerprint density at radius 3 is 2.56 bits per heavy atom. The minimum Gasteiger partial charge on any atom is -0.380 e. The molecule has 3 atom stereocenters. The van der Waals surface area contributed by atoms with Crippen LogP contribution in [0, 0.1) is 0 Å². The summed E-state index contributed by atoms with van der Waals surface area (Å²) < 4.78 is 3.48. The van der Waals surface area contributed by atoms with Gasteiger partial charge in [-0.25, -0.2) is 4.68 Å². The minimum atomic E-state index is -1.87. The van der Waals surface area contributed by atoms with Crippen molar-refractivity contribution < 1.29 is 19.8 Å². The molecule has 0 saturated heterocycles. The number of rotatable bonds is 6. The Bertz CT molecular complexity index is 1090. The maximum absolute atomic E-state index is 12.7. The number of aryl methyl sites for hydroxylation is 1. The SMILES string of the molecule is C[C@@H](NC(=O)[C@H](O)[C@@H](O)C(=O)N1CCc2c(cnn2C)C1)c1ccc(-n2cccn2)cc1. The molecule has 0 radical (unpaired) electrons. The van der Waals surface area contributed by atoms with Crippen LogP contribution in [-0.4, -0.2) is 65.2 Å². The Labute approximate surface area is 185 Å². The second-order valence-electron chi connectivity index (χ2n) is 7.91. The highest BCUT2D eigenvalue weighted by molar-refractivity contribution is 5.91. The van der Waals surface area contributed by atoms with Crippen molar-refractivity contribution in [1.29, 1.82) is 0 Å². The first-order valence-electron chi connectivity index (χ1n) is 10.4. The lowest BCUT2D eigenvalue weighted by molar-refractivity contribution is -0.154. The molecule has 32 heavy (non-hydrogen) atoms. The summed E-state index contributed by atoms with van der Waals surface area (Å²) >= 11 is 0. The molecule has 0 bridgehead atoms. The summed E-state index contributed by atoms with van der Waals surface area (Å²) in [4.78, 5) is 26.6. The Kier molecular flexibility index (Phi) is 6.06. The molecule has 0 fully saturated rings. The van der Waals surface area contributed by atoms with Crippen molar-refractivity contribution in [2.45, 2.75) is 38.1 Å². The van der Waals surface area contributed by atoms with Gasteiger partial charge in [-0.05, 0) is 30.7 Å². The van der Waals surface area contributed by atoms with Gasteiger partial charge in [0.15, 0.2) is 12.2 Å². The first-order chi connectivity index (χ1) is 15.3. The first-order valence-corrected chi connectivity index (χ1v) is 10.4. The molecule has 168 valence electrons. The molecule has 4 rings (SSSR count). The number of benzene rings is 1. The number of aliphatic hydroxyl groups excluding tert-OH is 2. The van der Waals surface area contributed by atoms with E-state index >= 15 is 0 Å². The average molecular weight is 438 g/mol. The monoisotopic (exact) mass is 438 g/mol. The van der Waals surface area contributed by atoms with Gasteiger partial charge in [0.1, 0.15) is 0 Å². The smallest absolute Gasteiger partial charge is 0.255 e. The maximum atomic E-state index is 12.7. The summed E-state index contributed by atoms with van der Waals surface area (Å²) in [5.74, 6) is -1.49. The molecule has 3 heterocycles. The van der Waals surface area contributed by atoms with Gasteiger partial charge in [-0.1, -0.05) is 12.1 Å². The van der Waals surface area contributed by atoms with Crippen LogP contribution < -0.4 is 5.32 Å². The van der Waals surface area contributed by atoms with Gasteiger partial charge in [-0.3, -0.25) is 14.3 Å². The number of hydrogen-bond donors (Lipinski definition) is 3. The van der Waals surface area contributed by atoms with E-state index < -0.39 is 30.1 Å². The average Bonchev–Trinajstić information content (AvgIpc) is 3.47. The molecule has 0 spiro atoms. The third-order valence-corrected chi connectivity index (χ3v) is 5.78. The molecule has 10 nitrogen and oxygen atoms in total. The largest absolute Gasteiger partial charge is 0.380 e. The zero-order valence-corrected chi connectivity index (χ0v) is 17.9. The van der Waals surface area contributed by atoms with Crippen LogP contribution in [0.25, 0.3) is 5.69 Å². The predicted octanol–water partition coefficient (Wildman–Crippen LogP) is 0.0897. The van der Waals surface area contributed by atoms with Crippen LogP contribution in [0.15, 0.2) is 48.9 Å². The molecule has 2 amide bonds. The van der Waals surface area contributed by atoms with E-state index in [9.17, 15) is 19.8 Å². The second kappa shape index (κ2) is 8.93. The standard InChI is InChI=1S/C22H26N6O4/c1-14(15-4-6-17(7-5-15)28-10-3-9-23-28)25-21(31)19(29)20(30)22(32)27-11-8-18-16(13-27)12-24-26(18)2/h3-7,9-10,12,14,19-20,29-30H,8,11,13H2,1-2H3,(H,25,31)/t14-,19-,20-/m1/s1. The number of carbonyl (C=O) groups is 2. The maximum Gasteiger partial charge on any atom is 0.255 e. The van der Waals surface area contributed by atoms with E-state index in [2.05, 4.69) is 15.5 Å². The molecule has 10 heteroatoms. The lowest BCUT2D eigenvalue weighted by Gasteiger charge is -2.30. The van der Waals surface area contributed by atoms with Crippen molar-refractivity contribution in [3.8, 4) is 5.69 Å². The fourth-order valence-electron chi connectivity index (χ4n) is 3.86. The Morgan fingerprint density at radius 1 is 1.12 bits per heavy atom. The van der Waals surface area contributed by atoms with E-state index in [0.29, 0.717) is 13.0 Å². The molecule has 1 aliphatic rings. The Morgan fingerprint density at radius 2 is 1.88 bits per heavy atom. The van der Waals surface area contributed by atoms with Crippen molar-refractivity contribution in [3.05, 3.63) is 65.7 Å². The van der Waals surface area contributed by atoms with Crippen LogP contribution in [0.1, 0.15) is 29.8 Å². The van der Waals surface area contributed by atoms with Crippen LogP contribution in [0.4, 0.5) is 0 Å². The molecular formula is C22H26N6O4. The van der Waals surface area contributed by atoms with E-state index in [0.717, 1.165) is 22.5 Å². The van der Waals surface area contributed by atoms with Gasteiger partial charge < -0.3 is 20.4 Å². The van der Waals surface area contributed by atoms with Gasteiger partial charge >= 0.3 is 0 Å². The van der Waals surface area contributed by atoms with Crippen molar-refractivity contribution in [3.63, 3.8) is 0 Å². The molecule has 1 aromatic carbocycles. The molecule has 0 aliphatic carbocycles. The van der Waals surface area contributed by atoms with Gasteiger partial charge in [0, 0.05) is 50.2 Å². The van der Waals surface area contributed by atoms with E-state index in [4.69, 9.17) is 0 Å². The zero-order valence-electron chi connectivity index (χ0n) is 17.9. The molecular weight excluding hydrogens is 412 g/mol. The summed E-state index contributed by atoms with van der Waals surface area (Å²) in [5.41, 5.74) is 3.61. The topological polar surface area (TPSA) is 126 Å². The zero-order chi connectivity index (χ0) is 22.8. The highest BCUT2D eigenvalue weighted by atomic mass is 16.3. The lowest BCUT2D eigenvalue weighted by atomic mass is 10.0. The van der Waals surface area contributed by atoms with Gasteiger partial charge in [0.05, 0.1) is 17.9 Å². The van der Waals surface area contributed by atoms with Crippen molar-refractivity contribution >= 4 is 11.8 Å². The van der Waals surface area contributed by atoms with E-state index in [-0.39, 0.29) is 6.54 Å². The summed E-state index contributed by atoms with van der Waals surface area (Å²) in [7, 11) is 1.84. The molecule has 0 unspecified atom stereocenters. The number of nitrogens with one attached hydrogen (secondary N) is 1.